The van der Waals surface area contributed by atoms with E-state index in [9.17, 15) is 17.2 Å². The van der Waals surface area contributed by atoms with Crippen molar-refractivity contribution in [2.75, 3.05) is 35.1 Å². The van der Waals surface area contributed by atoms with Crippen molar-refractivity contribution in [3.05, 3.63) is 65.7 Å². The predicted octanol–water partition coefficient (Wildman–Crippen LogP) is 2.79. The average Bonchev–Trinajstić information content (AvgIpc) is 3.26. The molecule has 0 spiro atoms. The molecule has 1 fully saturated rings. The number of benzene rings is 2. The number of rotatable bonds is 7. The van der Waals surface area contributed by atoms with Crippen LogP contribution in [0.15, 0.2) is 53.9 Å². The Morgan fingerprint density at radius 3 is 2.58 bits per heavy atom. The Kier molecular flexibility index (Phi) is 6.63. The summed E-state index contributed by atoms with van der Waals surface area (Å²) in [5.41, 5.74) is 1.44. The minimum absolute atomic E-state index is 0.0888. The fraction of sp³-hybridized carbons (Fsp3) is 0.238. The first-order chi connectivity index (χ1) is 15.8. The van der Waals surface area contributed by atoms with E-state index in [0.29, 0.717) is 17.9 Å². The summed E-state index contributed by atoms with van der Waals surface area (Å²) in [4.78, 5) is 8.87. The zero-order chi connectivity index (χ0) is 23.6. The van der Waals surface area contributed by atoms with Gasteiger partial charge < -0.3 is 15.5 Å². The third-order valence-corrected chi connectivity index (χ3v) is 7.04. The van der Waals surface area contributed by atoms with Crippen LogP contribution < -0.4 is 20.3 Å². The molecule has 1 saturated heterocycles. The maximum absolute atomic E-state index is 14.9. The van der Waals surface area contributed by atoms with Gasteiger partial charge in [-0.3, -0.25) is 4.72 Å². The van der Waals surface area contributed by atoms with Gasteiger partial charge >= 0.3 is 0 Å². The van der Waals surface area contributed by atoms with Crippen LogP contribution in [-0.4, -0.2) is 44.6 Å². The number of likely N-dealkylation sites (N-methyl/N-ethyl adjacent to an activating group) is 1. The maximum atomic E-state index is 14.9. The third-order valence-electron chi connectivity index (χ3n) is 5.30. The van der Waals surface area contributed by atoms with Crippen LogP contribution in [0.5, 0.6) is 0 Å². The summed E-state index contributed by atoms with van der Waals surface area (Å²) in [6.07, 6.45) is 4.64. The topological polar surface area (TPSA) is 99.2 Å². The van der Waals surface area contributed by atoms with Gasteiger partial charge in [0, 0.05) is 31.3 Å². The third kappa shape index (κ3) is 5.15. The van der Waals surface area contributed by atoms with Crippen molar-refractivity contribution in [3.63, 3.8) is 0 Å². The molecule has 1 atom stereocenters. The number of hydrogen-bond donors (Lipinski definition) is 3. The van der Waals surface area contributed by atoms with Crippen LogP contribution in [-0.2, 0) is 10.0 Å². The number of hydrogen-bond acceptors (Lipinski definition) is 7. The van der Waals surface area contributed by atoms with Gasteiger partial charge in [-0.2, -0.15) is 0 Å². The highest BCUT2D eigenvalue weighted by Gasteiger charge is 2.26. The molecule has 2 heterocycles. The highest BCUT2D eigenvalue weighted by atomic mass is 35.5. The van der Waals surface area contributed by atoms with Gasteiger partial charge in [0.1, 0.15) is 28.5 Å². The number of sulfonamides is 1. The van der Waals surface area contributed by atoms with Crippen LogP contribution in [0.25, 0.3) is 0 Å². The highest BCUT2D eigenvalue weighted by Crippen LogP contribution is 2.35. The molecule has 0 radical (unpaired) electrons. The molecule has 1 aromatic heterocycles. The summed E-state index contributed by atoms with van der Waals surface area (Å²) in [5.74, 6) is -1.39. The molecule has 4 rings (SSSR count). The SMILES string of the molecule is CNC1CCN(c2cc(F)ccc2Nc2cc(F)c(S(=O)(=O)Nc3cncnc3)cc2[ClH+])C1. The lowest BCUT2D eigenvalue weighted by molar-refractivity contribution is -0.287. The summed E-state index contributed by atoms with van der Waals surface area (Å²) >= 11 is 5.33. The van der Waals surface area contributed by atoms with Crippen LogP contribution in [0.4, 0.5) is 31.5 Å². The highest BCUT2D eigenvalue weighted by molar-refractivity contribution is 7.92. The molecule has 3 N–H and O–H groups in total. The molecule has 1 aliphatic rings. The van der Waals surface area contributed by atoms with E-state index in [-0.39, 0.29) is 22.4 Å². The second kappa shape index (κ2) is 9.46. The second-order valence-corrected chi connectivity index (χ2v) is 9.61. The molecule has 33 heavy (non-hydrogen) atoms. The van der Waals surface area contributed by atoms with E-state index in [1.807, 2.05) is 11.9 Å². The summed E-state index contributed by atoms with van der Waals surface area (Å²) in [5, 5.41) is 6.34. The van der Waals surface area contributed by atoms with Crippen molar-refractivity contribution in [3.8, 4) is 0 Å². The molecule has 3 aromatic rings. The van der Waals surface area contributed by atoms with Gasteiger partial charge in [0.2, 0.25) is 0 Å². The number of aromatic nitrogens is 2. The van der Waals surface area contributed by atoms with Gasteiger partial charge in [0.25, 0.3) is 15.0 Å². The van der Waals surface area contributed by atoms with Crippen molar-refractivity contribution >= 4 is 32.8 Å². The van der Waals surface area contributed by atoms with Gasteiger partial charge in [-0.05, 0) is 31.7 Å². The molecule has 174 valence electrons. The summed E-state index contributed by atoms with van der Waals surface area (Å²) in [7, 11) is -2.38. The van der Waals surface area contributed by atoms with Crippen LogP contribution in [0.1, 0.15) is 6.42 Å². The first-order valence-corrected chi connectivity index (χ1v) is 11.9. The number of nitrogens with one attached hydrogen (secondary N) is 3. The molecule has 1 unspecified atom stereocenters. The van der Waals surface area contributed by atoms with Crippen molar-refractivity contribution < 1.29 is 28.8 Å². The van der Waals surface area contributed by atoms with E-state index in [1.165, 1.54) is 30.9 Å². The lowest BCUT2D eigenvalue weighted by Gasteiger charge is -2.23. The monoisotopic (exact) mass is 495 g/mol. The van der Waals surface area contributed by atoms with E-state index in [0.717, 1.165) is 25.1 Å². The Labute approximate surface area is 195 Å². The van der Waals surface area contributed by atoms with Crippen molar-refractivity contribution in [2.45, 2.75) is 17.4 Å². The van der Waals surface area contributed by atoms with Gasteiger partial charge in [-0.1, -0.05) is 0 Å². The van der Waals surface area contributed by atoms with Gasteiger partial charge in [-0.25, -0.2) is 27.2 Å². The first kappa shape index (κ1) is 23.1. The fourth-order valence-electron chi connectivity index (χ4n) is 3.63. The normalized spacial score (nSPS) is 16.1. The molecule has 1 aliphatic heterocycles. The van der Waals surface area contributed by atoms with Crippen LogP contribution in [0, 0.1) is 23.2 Å². The molecule has 0 amide bonds. The lowest BCUT2D eigenvalue weighted by Crippen LogP contribution is -2.29. The molecule has 2 aromatic carbocycles. The Hall–Kier alpha value is -3.02. The Bertz CT molecular complexity index is 1260. The van der Waals surface area contributed by atoms with E-state index in [2.05, 4.69) is 25.3 Å². The quantitative estimate of drug-likeness (QED) is 0.463. The Morgan fingerprint density at radius 1 is 1.12 bits per heavy atom. The molecular formula is C21H22ClF2N6O2S+. The van der Waals surface area contributed by atoms with Gasteiger partial charge in [0.05, 0.1) is 29.5 Å². The van der Waals surface area contributed by atoms with Crippen molar-refractivity contribution in [1.82, 2.24) is 15.3 Å². The number of anilines is 4. The smallest absolute Gasteiger partial charge is 0.265 e. The minimum atomic E-state index is -4.26. The zero-order valence-corrected chi connectivity index (χ0v) is 19.2. The Morgan fingerprint density at radius 2 is 1.88 bits per heavy atom. The lowest BCUT2D eigenvalue weighted by atomic mass is 10.2. The Balaban J connectivity index is 1.62. The van der Waals surface area contributed by atoms with E-state index in [4.69, 9.17) is 11.6 Å². The molecule has 0 aliphatic carbocycles. The number of halogens is 3. The molecule has 8 nitrogen and oxygen atoms in total. The van der Waals surface area contributed by atoms with Crippen molar-refractivity contribution in [1.29, 1.82) is 0 Å². The first-order valence-electron chi connectivity index (χ1n) is 10.0. The van der Waals surface area contributed by atoms with E-state index >= 15 is 0 Å². The number of nitrogens with zero attached hydrogens (tertiary/aromatic N) is 3. The van der Waals surface area contributed by atoms with Gasteiger partial charge in [0.15, 0.2) is 11.6 Å². The largest absolute Gasteiger partial charge is 0.368 e. The van der Waals surface area contributed by atoms with Gasteiger partial charge in [-0.15, -0.1) is 0 Å². The van der Waals surface area contributed by atoms with Crippen LogP contribution in [0.2, 0.25) is 5.02 Å². The minimum Gasteiger partial charge on any atom is -0.368 e. The second-order valence-electron chi connectivity index (χ2n) is 7.52. The predicted molar refractivity (Wildman–Crippen MR) is 119 cm³/mol. The van der Waals surface area contributed by atoms with E-state index in [1.54, 1.807) is 6.07 Å². The molecule has 12 heteroatoms. The van der Waals surface area contributed by atoms with E-state index < -0.39 is 26.6 Å². The standard InChI is InChI=1S/C21H22ClF2N6O2S/c1-25-14-4-5-30(11-14)20-6-13(23)2-3-18(20)28-19-8-17(24)21(7-16(19)22)33(31,32)29-15-9-26-12-27-10-15/h2-3,6-10,12,14,22,25,28-29H,4-5,11H2,1H3/q+1. The van der Waals surface area contributed by atoms with Crippen molar-refractivity contribution in [2.24, 2.45) is 0 Å². The van der Waals surface area contributed by atoms with Crippen LogP contribution in [0.3, 0.4) is 0 Å². The molecule has 0 saturated carbocycles. The summed E-state index contributed by atoms with van der Waals surface area (Å²) in [6.45, 7) is 1.42. The fourth-order valence-corrected chi connectivity index (χ4v) is 5.05. The average molecular weight is 496 g/mol. The summed E-state index contributed by atoms with van der Waals surface area (Å²) in [6, 6.07) is 6.61. The molecule has 0 bridgehead atoms. The maximum Gasteiger partial charge on any atom is 0.265 e. The van der Waals surface area contributed by atoms with Crippen LogP contribution >= 0.6 is 0 Å². The summed E-state index contributed by atoms with van der Waals surface area (Å²) < 4.78 is 56.4. The zero-order valence-electron chi connectivity index (χ0n) is 17.5. The molecular weight excluding hydrogens is 474 g/mol.